The molecule has 1 heterocycles. The van der Waals surface area contributed by atoms with Crippen molar-refractivity contribution in [1.29, 1.82) is 0 Å². The summed E-state index contributed by atoms with van der Waals surface area (Å²) in [5, 5.41) is 2.49. The summed E-state index contributed by atoms with van der Waals surface area (Å²) >= 11 is 0. The number of hydrogen-bond acceptors (Lipinski definition) is 7. The molecule has 1 aromatic rings. The summed E-state index contributed by atoms with van der Waals surface area (Å²) in [6, 6.07) is 3.60. The average molecular weight is 419 g/mol. The smallest absolute Gasteiger partial charge is 0.387 e. The number of benzene rings is 1. The molecule has 1 N–H and O–H groups in total. The van der Waals surface area contributed by atoms with Gasteiger partial charge in [-0.2, -0.15) is 8.78 Å². The molecular formula is C17H19F2NO7S. The molecule has 1 saturated heterocycles. The molecule has 0 saturated carbocycles. The fourth-order valence-electron chi connectivity index (χ4n) is 2.51. The van der Waals surface area contributed by atoms with Gasteiger partial charge in [0.2, 0.25) is 0 Å². The molecule has 8 nitrogen and oxygen atoms in total. The van der Waals surface area contributed by atoms with Crippen molar-refractivity contribution in [2.24, 2.45) is 0 Å². The first-order valence-electron chi connectivity index (χ1n) is 8.16. The van der Waals surface area contributed by atoms with Gasteiger partial charge in [0.05, 0.1) is 18.6 Å². The van der Waals surface area contributed by atoms with E-state index in [1.165, 1.54) is 31.4 Å². The Hall–Kier alpha value is -2.69. The summed E-state index contributed by atoms with van der Waals surface area (Å²) in [5.74, 6) is -1.60. The molecule has 0 radical (unpaired) electrons. The van der Waals surface area contributed by atoms with Gasteiger partial charge in [-0.05, 0) is 30.2 Å². The summed E-state index contributed by atoms with van der Waals surface area (Å²) in [6.45, 7) is -3.55. The molecule has 11 heteroatoms. The molecule has 2 rings (SSSR count). The van der Waals surface area contributed by atoms with Crippen molar-refractivity contribution in [2.75, 3.05) is 25.2 Å². The zero-order valence-electron chi connectivity index (χ0n) is 14.9. The van der Waals surface area contributed by atoms with E-state index in [2.05, 4.69) is 10.1 Å². The van der Waals surface area contributed by atoms with E-state index in [1.54, 1.807) is 0 Å². The molecule has 0 spiro atoms. The number of ether oxygens (including phenoxy) is 3. The van der Waals surface area contributed by atoms with Crippen molar-refractivity contribution in [3.8, 4) is 11.5 Å². The van der Waals surface area contributed by atoms with Gasteiger partial charge in [-0.1, -0.05) is 6.07 Å². The molecule has 1 amide bonds. The zero-order valence-corrected chi connectivity index (χ0v) is 15.7. The Bertz CT molecular complexity index is 855. The number of rotatable bonds is 8. The molecule has 154 valence electrons. The van der Waals surface area contributed by atoms with Crippen LogP contribution in [-0.2, 0) is 24.2 Å². The summed E-state index contributed by atoms with van der Waals surface area (Å²) in [7, 11) is -1.84. The van der Waals surface area contributed by atoms with Gasteiger partial charge >= 0.3 is 12.6 Å². The second kappa shape index (κ2) is 9.49. The number of carbonyl (C=O) groups excluding carboxylic acids is 2. The number of methoxy groups -OCH3 is 1. The minimum atomic E-state index is -3.12. The van der Waals surface area contributed by atoms with Crippen LogP contribution in [0, 0.1) is 0 Å². The van der Waals surface area contributed by atoms with E-state index in [9.17, 15) is 26.8 Å². The van der Waals surface area contributed by atoms with Crippen LogP contribution in [0.15, 0.2) is 24.3 Å². The Morgan fingerprint density at radius 1 is 1.32 bits per heavy atom. The summed E-state index contributed by atoms with van der Waals surface area (Å²) in [4.78, 5) is 23.4. The second-order valence-electron chi connectivity index (χ2n) is 5.90. The molecule has 1 fully saturated rings. The lowest BCUT2D eigenvalue weighted by Gasteiger charge is -2.10. The highest BCUT2D eigenvalue weighted by Gasteiger charge is 2.28. The van der Waals surface area contributed by atoms with Gasteiger partial charge in [0.15, 0.2) is 27.9 Å². The summed E-state index contributed by atoms with van der Waals surface area (Å²) in [6.07, 6.45) is 2.73. The highest BCUT2D eigenvalue weighted by Crippen LogP contribution is 2.29. The van der Waals surface area contributed by atoms with E-state index >= 15 is 0 Å². The van der Waals surface area contributed by atoms with Gasteiger partial charge in [0.25, 0.3) is 5.91 Å². The third-order valence-electron chi connectivity index (χ3n) is 3.76. The van der Waals surface area contributed by atoms with Crippen molar-refractivity contribution in [2.45, 2.75) is 19.1 Å². The van der Waals surface area contributed by atoms with Crippen LogP contribution in [-0.4, -0.2) is 58.2 Å². The number of alkyl halides is 2. The molecule has 0 bridgehead atoms. The molecule has 28 heavy (non-hydrogen) atoms. The lowest BCUT2D eigenvalue weighted by Crippen LogP contribution is -2.38. The Balaban J connectivity index is 1.83. The first-order valence-corrected chi connectivity index (χ1v) is 9.98. The maximum atomic E-state index is 12.3. The third-order valence-corrected chi connectivity index (χ3v) is 5.53. The number of carbonyl (C=O) groups is 2. The highest BCUT2D eigenvalue weighted by atomic mass is 32.2. The molecule has 1 aliphatic heterocycles. The third kappa shape index (κ3) is 6.80. The van der Waals surface area contributed by atoms with Crippen molar-refractivity contribution in [3.63, 3.8) is 0 Å². The fraction of sp³-hybridized carbons (Fsp3) is 0.412. The predicted octanol–water partition coefficient (Wildman–Crippen LogP) is 1.16. The molecule has 1 aliphatic rings. The van der Waals surface area contributed by atoms with Crippen molar-refractivity contribution < 1.29 is 41.0 Å². The molecule has 0 unspecified atom stereocenters. The Labute approximate surface area is 160 Å². The Morgan fingerprint density at radius 3 is 2.68 bits per heavy atom. The number of esters is 1. The van der Waals surface area contributed by atoms with E-state index < -0.39 is 41.0 Å². The van der Waals surface area contributed by atoms with E-state index in [4.69, 9.17) is 9.47 Å². The number of halogens is 2. The van der Waals surface area contributed by atoms with Crippen molar-refractivity contribution in [1.82, 2.24) is 5.32 Å². The minimum Gasteiger partial charge on any atom is -0.493 e. The largest absolute Gasteiger partial charge is 0.493 e. The van der Waals surface area contributed by atoms with Crippen LogP contribution in [0.25, 0.3) is 6.08 Å². The lowest BCUT2D eigenvalue weighted by atomic mass is 10.2. The molecule has 1 aromatic carbocycles. The summed E-state index contributed by atoms with van der Waals surface area (Å²) < 4.78 is 61.3. The fourth-order valence-corrected chi connectivity index (χ4v) is 4.18. The topological polar surface area (TPSA) is 108 Å². The SMILES string of the molecule is COc1cc(/C=C/C(=O)OCC(=O)N[C@@H]2CCS(=O)(=O)C2)ccc1OC(F)F. The molecular weight excluding hydrogens is 400 g/mol. The van der Waals surface area contributed by atoms with Crippen LogP contribution in [0.1, 0.15) is 12.0 Å². The van der Waals surface area contributed by atoms with E-state index in [0.717, 1.165) is 6.08 Å². The first kappa shape index (κ1) is 21.6. The molecule has 1 atom stereocenters. The highest BCUT2D eigenvalue weighted by molar-refractivity contribution is 7.91. The lowest BCUT2D eigenvalue weighted by molar-refractivity contribution is -0.143. The quantitative estimate of drug-likeness (QED) is 0.498. The van der Waals surface area contributed by atoms with E-state index in [0.29, 0.717) is 12.0 Å². The standard InChI is InChI=1S/C17H19F2NO7S/c1-25-14-8-11(2-4-13(14)27-17(18)19)3-5-16(22)26-9-15(21)20-12-6-7-28(23,24)10-12/h2-5,8,12,17H,6-7,9-10H2,1H3,(H,20,21)/b5-3+/t12-/m1/s1. The number of amides is 1. The second-order valence-corrected chi connectivity index (χ2v) is 8.13. The normalized spacial score (nSPS) is 18.2. The van der Waals surface area contributed by atoms with Gasteiger partial charge < -0.3 is 19.5 Å². The van der Waals surface area contributed by atoms with Crippen LogP contribution in [0.3, 0.4) is 0 Å². The summed E-state index contributed by atoms with van der Waals surface area (Å²) in [5.41, 5.74) is 0.455. The number of sulfone groups is 1. The van der Waals surface area contributed by atoms with E-state index in [-0.39, 0.29) is 23.0 Å². The average Bonchev–Trinajstić information content (AvgIpc) is 2.96. The van der Waals surface area contributed by atoms with Crippen LogP contribution in [0.2, 0.25) is 0 Å². The Kier molecular flexibility index (Phi) is 7.32. The van der Waals surface area contributed by atoms with Crippen molar-refractivity contribution >= 4 is 27.8 Å². The minimum absolute atomic E-state index is 0.0189. The van der Waals surface area contributed by atoms with Gasteiger partial charge in [-0.15, -0.1) is 0 Å². The molecule has 0 aromatic heterocycles. The Morgan fingerprint density at radius 2 is 2.07 bits per heavy atom. The molecule has 0 aliphatic carbocycles. The predicted molar refractivity (Wildman–Crippen MR) is 94.8 cm³/mol. The number of nitrogens with one attached hydrogen (secondary N) is 1. The maximum Gasteiger partial charge on any atom is 0.387 e. The van der Waals surface area contributed by atoms with E-state index in [1.807, 2.05) is 0 Å². The van der Waals surface area contributed by atoms with Gasteiger partial charge in [-0.3, -0.25) is 4.79 Å². The van der Waals surface area contributed by atoms with Crippen LogP contribution in [0.5, 0.6) is 11.5 Å². The van der Waals surface area contributed by atoms with Crippen LogP contribution < -0.4 is 14.8 Å². The van der Waals surface area contributed by atoms with Gasteiger partial charge in [0, 0.05) is 12.1 Å². The van der Waals surface area contributed by atoms with Gasteiger partial charge in [0.1, 0.15) is 0 Å². The van der Waals surface area contributed by atoms with Crippen molar-refractivity contribution in [3.05, 3.63) is 29.8 Å². The zero-order chi connectivity index (χ0) is 20.7. The monoisotopic (exact) mass is 419 g/mol. The van der Waals surface area contributed by atoms with Crippen LogP contribution >= 0.6 is 0 Å². The van der Waals surface area contributed by atoms with Crippen LogP contribution in [0.4, 0.5) is 8.78 Å². The van der Waals surface area contributed by atoms with Gasteiger partial charge in [-0.25, -0.2) is 13.2 Å². The maximum absolute atomic E-state index is 12.3. The first-order chi connectivity index (χ1) is 13.2. The number of hydrogen-bond donors (Lipinski definition) is 1.